The Balaban J connectivity index is 1.77. The summed E-state index contributed by atoms with van der Waals surface area (Å²) in [5.74, 6) is -0.255. The third-order valence-electron chi connectivity index (χ3n) is 3.67. The Morgan fingerprint density at radius 1 is 1.12 bits per heavy atom. The molecule has 126 valence electrons. The molecule has 1 aliphatic rings. The topological polar surface area (TPSA) is 37.4 Å². The fraction of sp³-hybridized carbons (Fsp3) is 0.100. The molecule has 2 amide bonds. The molecule has 1 fully saturated rings. The summed E-state index contributed by atoms with van der Waals surface area (Å²) < 4.78 is 0.750. The summed E-state index contributed by atoms with van der Waals surface area (Å²) in [7, 11) is 0. The van der Waals surface area contributed by atoms with Crippen LogP contribution in [-0.4, -0.2) is 16.0 Å². The van der Waals surface area contributed by atoms with Gasteiger partial charge in [-0.1, -0.05) is 76.1 Å². The van der Waals surface area contributed by atoms with Gasteiger partial charge in [0.2, 0.25) is 0 Å². The van der Waals surface area contributed by atoms with Crippen LogP contribution in [0, 0.1) is 6.92 Å². The number of thioether (sulfide) groups is 1. The van der Waals surface area contributed by atoms with Crippen LogP contribution < -0.4 is 0 Å². The average Bonchev–Trinajstić information content (AvgIpc) is 2.83. The van der Waals surface area contributed by atoms with E-state index in [0.717, 1.165) is 32.9 Å². The van der Waals surface area contributed by atoms with Crippen molar-refractivity contribution in [1.29, 1.82) is 0 Å². The first-order valence-electron chi connectivity index (χ1n) is 7.76. The maximum Gasteiger partial charge on any atom is 0.293 e. The monoisotopic (exact) mass is 413 g/mol. The highest BCUT2D eigenvalue weighted by Crippen LogP contribution is 2.33. The van der Waals surface area contributed by atoms with Gasteiger partial charge in [0, 0.05) is 4.48 Å². The molecule has 0 N–H and O–H groups in total. The van der Waals surface area contributed by atoms with Crippen LogP contribution in [0.25, 0.3) is 6.08 Å². The van der Waals surface area contributed by atoms with E-state index in [1.165, 1.54) is 4.90 Å². The smallest absolute Gasteiger partial charge is 0.268 e. The predicted molar refractivity (Wildman–Crippen MR) is 106 cm³/mol. The van der Waals surface area contributed by atoms with E-state index in [2.05, 4.69) is 15.9 Å². The molecule has 0 radical (unpaired) electrons. The molecule has 2 aromatic rings. The van der Waals surface area contributed by atoms with E-state index in [9.17, 15) is 9.59 Å². The molecule has 3 rings (SSSR count). The van der Waals surface area contributed by atoms with Gasteiger partial charge in [0.25, 0.3) is 11.1 Å². The number of allylic oxidation sites excluding steroid dienone is 2. The Labute approximate surface area is 159 Å². The summed E-state index contributed by atoms with van der Waals surface area (Å²) in [4.78, 5) is 26.5. The predicted octanol–water partition coefficient (Wildman–Crippen LogP) is 5.51. The fourth-order valence-corrected chi connectivity index (χ4v) is 3.98. The number of carbonyl (C=O) groups is 2. The summed E-state index contributed by atoms with van der Waals surface area (Å²) in [6, 6.07) is 17.6. The van der Waals surface area contributed by atoms with E-state index in [-0.39, 0.29) is 11.1 Å². The van der Waals surface area contributed by atoms with Crippen molar-refractivity contribution in [2.75, 3.05) is 0 Å². The molecule has 2 aromatic carbocycles. The Bertz CT molecular complexity index is 874. The van der Waals surface area contributed by atoms with E-state index in [1.54, 1.807) is 6.08 Å². The first-order valence-corrected chi connectivity index (χ1v) is 9.37. The van der Waals surface area contributed by atoms with Crippen molar-refractivity contribution in [2.45, 2.75) is 13.5 Å². The molecular formula is C20H16BrNO2S. The normalized spacial score (nSPS) is 16.8. The molecule has 0 aromatic heterocycles. The van der Waals surface area contributed by atoms with Gasteiger partial charge in [0.15, 0.2) is 0 Å². The highest BCUT2D eigenvalue weighted by atomic mass is 79.9. The van der Waals surface area contributed by atoms with Gasteiger partial charge in [-0.25, -0.2) is 0 Å². The van der Waals surface area contributed by atoms with Crippen LogP contribution in [0.1, 0.15) is 16.7 Å². The number of imide groups is 1. The summed E-state index contributed by atoms with van der Waals surface area (Å²) in [5, 5.41) is -0.238. The van der Waals surface area contributed by atoms with Gasteiger partial charge in [-0.2, -0.15) is 0 Å². The van der Waals surface area contributed by atoms with E-state index < -0.39 is 0 Å². The highest BCUT2D eigenvalue weighted by Gasteiger charge is 2.35. The van der Waals surface area contributed by atoms with E-state index in [4.69, 9.17) is 0 Å². The number of rotatable bonds is 4. The van der Waals surface area contributed by atoms with Crippen LogP contribution in [-0.2, 0) is 11.3 Å². The number of aryl methyl sites for hydroxylation is 1. The number of halogens is 1. The molecule has 0 unspecified atom stereocenters. The number of benzene rings is 2. The molecule has 1 aliphatic heterocycles. The summed E-state index contributed by atoms with van der Waals surface area (Å²) >= 11 is 4.43. The summed E-state index contributed by atoms with van der Waals surface area (Å²) in [5.41, 5.74) is 3.07. The van der Waals surface area contributed by atoms with Crippen molar-refractivity contribution >= 4 is 44.9 Å². The maximum absolute atomic E-state index is 12.6. The van der Waals surface area contributed by atoms with E-state index >= 15 is 0 Å². The van der Waals surface area contributed by atoms with Crippen molar-refractivity contribution in [3.63, 3.8) is 0 Å². The molecule has 0 aliphatic carbocycles. The lowest BCUT2D eigenvalue weighted by molar-refractivity contribution is -0.123. The Morgan fingerprint density at radius 3 is 2.60 bits per heavy atom. The molecular weight excluding hydrogens is 398 g/mol. The molecule has 0 spiro atoms. The minimum atomic E-state index is -0.255. The summed E-state index contributed by atoms with van der Waals surface area (Å²) in [6.45, 7) is 2.28. The number of hydrogen-bond donors (Lipinski definition) is 0. The van der Waals surface area contributed by atoms with Gasteiger partial charge < -0.3 is 0 Å². The highest BCUT2D eigenvalue weighted by molar-refractivity contribution is 9.12. The standard InChI is InChI=1S/C20H16BrNO2S/c1-14-6-5-9-16(10-14)13-22-19(23)18(25-20(22)24)12-17(21)11-15-7-3-2-4-8-15/h2-12H,13H2,1H3/b17-11-,18-12-. The second-order valence-electron chi connectivity index (χ2n) is 5.70. The number of amides is 2. The summed E-state index contributed by atoms with van der Waals surface area (Å²) in [6.07, 6.45) is 3.61. The zero-order chi connectivity index (χ0) is 17.8. The Kier molecular flexibility index (Phi) is 5.56. The molecule has 1 heterocycles. The largest absolute Gasteiger partial charge is 0.293 e. The first-order chi connectivity index (χ1) is 12.0. The SMILES string of the molecule is Cc1cccc(CN2C(=O)S/C(=C\C(Br)=C\c3ccccc3)C2=O)c1. The minimum absolute atomic E-state index is 0.238. The average molecular weight is 414 g/mol. The van der Waals surface area contributed by atoms with Crippen molar-refractivity contribution in [3.8, 4) is 0 Å². The number of hydrogen-bond acceptors (Lipinski definition) is 3. The minimum Gasteiger partial charge on any atom is -0.268 e. The van der Waals surface area contributed by atoms with E-state index in [1.807, 2.05) is 67.6 Å². The molecule has 5 heteroatoms. The van der Waals surface area contributed by atoms with Crippen molar-refractivity contribution in [3.05, 3.63) is 86.8 Å². The fourth-order valence-electron chi connectivity index (χ4n) is 2.50. The van der Waals surface area contributed by atoms with Gasteiger partial charge in [0.05, 0.1) is 11.4 Å². The van der Waals surface area contributed by atoms with Gasteiger partial charge in [0.1, 0.15) is 0 Å². The number of nitrogens with zero attached hydrogens (tertiary/aromatic N) is 1. The molecule has 25 heavy (non-hydrogen) atoms. The van der Waals surface area contributed by atoms with Crippen molar-refractivity contribution in [1.82, 2.24) is 4.90 Å². The van der Waals surface area contributed by atoms with E-state index in [0.29, 0.717) is 11.4 Å². The Morgan fingerprint density at radius 2 is 1.88 bits per heavy atom. The van der Waals surface area contributed by atoms with Gasteiger partial charge in [-0.05, 0) is 42.0 Å². The lowest BCUT2D eigenvalue weighted by Gasteiger charge is -2.12. The second kappa shape index (κ2) is 7.85. The second-order valence-corrected chi connectivity index (χ2v) is 7.61. The quantitative estimate of drug-likeness (QED) is 0.619. The van der Waals surface area contributed by atoms with Gasteiger partial charge in [-0.3, -0.25) is 14.5 Å². The molecule has 3 nitrogen and oxygen atoms in total. The third kappa shape index (κ3) is 4.50. The zero-order valence-corrected chi connectivity index (χ0v) is 16.0. The van der Waals surface area contributed by atoms with Crippen LogP contribution in [0.3, 0.4) is 0 Å². The maximum atomic E-state index is 12.6. The van der Waals surface area contributed by atoms with Crippen LogP contribution in [0.2, 0.25) is 0 Å². The van der Waals surface area contributed by atoms with Crippen molar-refractivity contribution < 1.29 is 9.59 Å². The van der Waals surface area contributed by atoms with Crippen LogP contribution >= 0.6 is 27.7 Å². The first kappa shape index (κ1) is 17.7. The van der Waals surface area contributed by atoms with Gasteiger partial charge >= 0.3 is 0 Å². The lowest BCUT2D eigenvalue weighted by atomic mass is 10.1. The van der Waals surface area contributed by atoms with Gasteiger partial charge in [-0.15, -0.1) is 0 Å². The third-order valence-corrected chi connectivity index (χ3v) is 5.04. The van der Waals surface area contributed by atoms with Crippen LogP contribution in [0.4, 0.5) is 4.79 Å². The zero-order valence-electron chi connectivity index (χ0n) is 13.6. The molecule has 0 atom stereocenters. The van der Waals surface area contributed by atoms with Crippen LogP contribution in [0.15, 0.2) is 70.1 Å². The molecule has 0 bridgehead atoms. The molecule has 1 saturated heterocycles. The Hall–Kier alpha value is -2.11. The molecule has 0 saturated carbocycles. The van der Waals surface area contributed by atoms with Crippen LogP contribution in [0.5, 0.6) is 0 Å². The van der Waals surface area contributed by atoms with Crippen molar-refractivity contribution in [2.24, 2.45) is 0 Å². The number of carbonyl (C=O) groups excluding carboxylic acids is 2. The lowest BCUT2D eigenvalue weighted by Crippen LogP contribution is -2.27.